The molecule has 1 atom stereocenters. The summed E-state index contributed by atoms with van der Waals surface area (Å²) >= 11 is 0. The van der Waals surface area contributed by atoms with Crippen LogP contribution >= 0.6 is 0 Å². The number of nitrogens with one attached hydrogen (secondary N) is 1. The van der Waals surface area contributed by atoms with Crippen LogP contribution in [0.4, 0.5) is 5.69 Å². The number of aryl methyl sites for hydroxylation is 1. The van der Waals surface area contributed by atoms with Crippen molar-refractivity contribution in [2.24, 2.45) is 0 Å². The van der Waals surface area contributed by atoms with Crippen molar-refractivity contribution in [3.05, 3.63) is 48.5 Å². The maximum absolute atomic E-state index is 12.0. The summed E-state index contributed by atoms with van der Waals surface area (Å²) in [4.78, 5) is 16.1. The summed E-state index contributed by atoms with van der Waals surface area (Å²) in [5.74, 6) is 0.790. The zero-order chi connectivity index (χ0) is 12.3. The van der Waals surface area contributed by atoms with Gasteiger partial charge in [0.2, 0.25) is 5.91 Å². The monoisotopic (exact) mass is 229 g/mol. The van der Waals surface area contributed by atoms with Crippen LogP contribution < -0.4 is 5.32 Å². The van der Waals surface area contributed by atoms with Crippen molar-refractivity contribution in [1.82, 2.24) is 9.55 Å². The minimum absolute atomic E-state index is 0.0442. The van der Waals surface area contributed by atoms with Gasteiger partial charge in [-0.1, -0.05) is 18.2 Å². The number of hydrogen-bond donors (Lipinski definition) is 1. The molecule has 0 spiro atoms. The van der Waals surface area contributed by atoms with E-state index in [9.17, 15) is 4.79 Å². The first-order valence-electron chi connectivity index (χ1n) is 5.54. The van der Waals surface area contributed by atoms with Gasteiger partial charge in [-0.2, -0.15) is 0 Å². The fourth-order valence-electron chi connectivity index (χ4n) is 1.69. The van der Waals surface area contributed by atoms with Gasteiger partial charge in [0.15, 0.2) is 0 Å². The molecular weight excluding hydrogens is 214 g/mol. The Hall–Kier alpha value is -2.10. The van der Waals surface area contributed by atoms with Gasteiger partial charge in [0.05, 0.1) is 0 Å². The Bertz CT molecular complexity index is 504. The summed E-state index contributed by atoms with van der Waals surface area (Å²) < 4.78 is 1.85. The predicted octanol–water partition coefficient (Wildman–Crippen LogP) is 2.39. The Balaban J connectivity index is 2.09. The summed E-state index contributed by atoms with van der Waals surface area (Å²) in [6.45, 7) is 3.74. The van der Waals surface area contributed by atoms with E-state index in [0.717, 1.165) is 11.5 Å². The van der Waals surface area contributed by atoms with Gasteiger partial charge in [0, 0.05) is 18.1 Å². The van der Waals surface area contributed by atoms with Crippen LogP contribution in [0, 0.1) is 6.92 Å². The molecule has 0 aliphatic rings. The highest BCUT2D eigenvalue weighted by atomic mass is 16.2. The third kappa shape index (κ3) is 2.53. The van der Waals surface area contributed by atoms with Gasteiger partial charge in [-0.25, -0.2) is 4.98 Å². The van der Waals surface area contributed by atoms with Crippen molar-refractivity contribution < 1.29 is 4.79 Å². The second-order valence-electron chi connectivity index (χ2n) is 3.91. The molecule has 0 bridgehead atoms. The number of para-hydroxylation sites is 1. The summed E-state index contributed by atoms with van der Waals surface area (Å²) in [6.07, 6.45) is 3.51. The first kappa shape index (κ1) is 11.4. The van der Waals surface area contributed by atoms with Crippen molar-refractivity contribution in [2.45, 2.75) is 19.9 Å². The molecule has 1 aromatic heterocycles. The smallest absolute Gasteiger partial charge is 0.247 e. The van der Waals surface area contributed by atoms with Crippen molar-refractivity contribution >= 4 is 11.6 Å². The Labute approximate surface area is 100 Å². The first-order valence-corrected chi connectivity index (χ1v) is 5.54. The lowest BCUT2D eigenvalue weighted by Crippen LogP contribution is -2.23. The van der Waals surface area contributed by atoms with Gasteiger partial charge in [0.1, 0.15) is 11.9 Å². The lowest BCUT2D eigenvalue weighted by molar-refractivity contribution is -0.118. The van der Waals surface area contributed by atoms with E-state index in [0.29, 0.717) is 0 Å². The lowest BCUT2D eigenvalue weighted by Gasteiger charge is -2.14. The number of amides is 1. The molecule has 17 heavy (non-hydrogen) atoms. The van der Waals surface area contributed by atoms with Crippen molar-refractivity contribution in [2.75, 3.05) is 5.32 Å². The topological polar surface area (TPSA) is 46.9 Å². The Morgan fingerprint density at radius 3 is 2.65 bits per heavy atom. The predicted molar refractivity (Wildman–Crippen MR) is 66.7 cm³/mol. The first-order chi connectivity index (χ1) is 8.18. The van der Waals surface area contributed by atoms with E-state index >= 15 is 0 Å². The van der Waals surface area contributed by atoms with Crippen molar-refractivity contribution in [1.29, 1.82) is 0 Å². The molecule has 88 valence electrons. The van der Waals surface area contributed by atoms with Gasteiger partial charge in [0.25, 0.3) is 0 Å². The molecule has 2 rings (SSSR count). The van der Waals surface area contributed by atoms with Crippen molar-refractivity contribution in [3.8, 4) is 0 Å². The number of imidazole rings is 1. The van der Waals surface area contributed by atoms with E-state index < -0.39 is 0 Å². The summed E-state index contributed by atoms with van der Waals surface area (Å²) in [5.41, 5.74) is 0.808. The van der Waals surface area contributed by atoms with Crippen LogP contribution in [0.3, 0.4) is 0 Å². The fraction of sp³-hybridized carbons (Fsp3) is 0.231. The van der Waals surface area contributed by atoms with Crippen molar-refractivity contribution in [3.63, 3.8) is 0 Å². The number of benzene rings is 1. The average molecular weight is 229 g/mol. The van der Waals surface area contributed by atoms with Crippen LogP contribution in [0.15, 0.2) is 42.7 Å². The molecule has 4 nitrogen and oxygen atoms in total. The van der Waals surface area contributed by atoms with Crippen LogP contribution in [-0.4, -0.2) is 15.5 Å². The summed E-state index contributed by atoms with van der Waals surface area (Å²) in [6, 6.07) is 9.17. The summed E-state index contributed by atoms with van der Waals surface area (Å²) in [7, 11) is 0. The molecule has 1 amide bonds. The third-order valence-corrected chi connectivity index (χ3v) is 2.70. The highest BCUT2D eigenvalue weighted by molar-refractivity contribution is 5.93. The second-order valence-corrected chi connectivity index (χ2v) is 3.91. The molecule has 2 aromatic rings. The largest absolute Gasteiger partial charge is 0.324 e. The number of aromatic nitrogens is 2. The number of hydrogen-bond acceptors (Lipinski definition) is 2. The molecule has 1 N–H and O–H groups in total. The highest BCUT2D eigenvalue weighted by Crippen LogP contribution is 2.12. The zero-order valence-electron chi connectivity index (χ0n) is 9.92. The maximum atomic E-state index is 12.0. The van der Waals surface area contributed by atoms with E-state index in [-0.39, 0.29) is 11.9 Å². The normalized spacial score (nSPS) is 12.1. The zero-order valence-corrected chi connectivity index (χ0v) is 9.92. The van der Waals surface area contributed by atoms with Gasteiger partial charge >= 0.3 is 0 Å². The molecule has 0 aliphatic carbocycles. The fourth-order valence-corrected chi connectivity index (χ4v) is 1.69. The Kier molecular flexibility index (Phi) is 3.23. The molecule has 0 aliphatic heterocycles. The molecular formula is C13H15N3O. The van der Waals surface area contributed by atoms with Crippen LogP contribution in [0.25, 0.3) is 0 Å². The highest BCUT2D eigenvalue weighted by Gasteiger charge is 2.15. The molecule has 1 aromatic carbocycles. The van der Waals surface area contributed by atoms with Gasteiger partial charge in [-0.15, -0.1) is 0 Å². The molecule has 0 saturated carbocycles. The standard InChI is InChI=1S/C13H15N3O/c1-10(16-9-8-14-11(16)2)13(17)15-12-6-4-3-5-7-12/h3-10H,1-2H3,(H,15,17). The van der Waals surface area contributed by atoms with Gasteiger partial charge < -0.3 is 9.88 Å². The van der Waals surface area contributed by atoms with Crippen LogP contribution in [0.1, 0.15) is 18.8 Å². The molecule has 4 heteroatoms. The number of rotatable bonds is 3. The van der Waals surface area contributed by atoms with Crippen LogP contribution in [0.2, 0.25) is 0 Å². The number of anilines is 1. The average Bonchev–Trinajstić information content (AvgIpc) is 2.76. The quantitative estimate of drug-likeness (QED) is 0.878. The maximum Gasteiger partial charge on any atom is 0.247 e. The molecule has 0 radical (unpaired) electrons. The van der Waals surface area contributed by atoms with E-state index in [1.165, 1.54) is 0 Å². The number of carbonyl (C=O) groups is 1. The van der Waals surface area contributed by atoms with Gasteiger partial charge in [-0.05, 0) is 26.0 Å². The molecule has 1 unspecified atom stereocenters. The van der Waals surface area contributed by atoms with E-state index in [4.69, 9.17) is 0 Å². The SMILES string of the molecule is Cc1nccn1C(C)C(=O)Nc1ccccc1. The third-order valence-electron chi connectivity index (χ3n) is 2.70. The lowest BCUT2D eigenvalue weighted by atomic mass is 10.2. The Morgan fingerprint density at radius 1 is 1.35 bits per heavy atom. The number of carbonyl (C=O) groups excluding carboxylic acids is 1. The van der Waals surface area contributed by atoms with Crippen LogP contribution in [-0.2, 0) is 4.79 Å². The minimum Gasteiger partial charge on any atom is -0.324 e. The second kappa shape index (κ2) is 4.82. The molecule has 0 saturated heterocycles. The molecule has 0 fully saturated rings. The van der Waals surface area contributed by atoms with Crippen LogP contribution in [0.5, 0.6) is 0 Å². The number of nitrogens with zero attached hydrogens (tertiary/aromatic N) is 2. The Morgan fingerprint density at radius 2 is 2.06 bits per heavy atom. The van der Waals surface area contributed by atoms with E-state index in [1.54, 1.807) is 6.20 Å². The summed E-state index contributed by atoms with van der Waals surface area (Å²) in [5, 5.41) is 2.87. The van der Waals surface area contributed by atoms with E-state index in [2.05, 4.69) is 10.3 Å². The van der Waals surface area contributed by atoms with E-state index in [1.807, 2.05) is 54.9 Å². The minimum atomic E-state index is -0.266. The molecule has 1 heterocycles. The van der Waals surface area contributed by atoms with Gasteiger partial charge in [-0.3, -0.25) is 4.79 Å².